The Kier molecular flexibility index (Phi) is 4.94. The lowest BCUT2D eigenvalue weighted by Crippen LogP contribution is -2.07. The van der Waals surface area contributed by atoms with E-state index in [1.807, 2.05) is 24.3 Å². The third-order valence-electron chi connectivity index (χ3n) is 3.62. The van der Waals surface area contributed by atoms with Crippen molar-refractivity contribution >= 4 is 49.7 Å². The van der Waals surface area contributed by atoms with Crippen molar-refractivity contribution in [3.05, 3.63) is 48.3 Å². The number of carboxylic acids is 1. The van der Waals surface area contributed by atoms with Gasteiger partial charge in [0.2, 0.25) is 0 Å². The topological polar surface area (TPSA) is 89.1 Å². The van der Waals surface area contributed by atoms with E-state index in [4.69, 9.17) is 5.73 Å². The second-order valence-corrected chi connectivity index (χ2v) is 6.64. The molecular formula is C17H13N3O2S3. The van der Waals surface area contributed by atoms with Crippen molar-refractivity contribution in [1.29, 1.82) is 0 Å². The number of nitrogens with two attached hydrogens (primary N) is 1. The number of aromatic nitrogens is 2. The number of aromatic carboxylic acids is 1. The van der Waals surface area contributed by atoms with Crippen LogP contribution in [0.3, 0.4) is 0 Å². The van der Waals surface area contributed by atoms with Crippen LogP contribution in [-0.2, 0) is 0 Å². The minimum atomic E-state index is -1.16. The van der Waals surface area contributed by atoms with Crippen LogP contribution in [-0.4, -0.2) is 21.0 Å². The van der Waals surface area contributed by atoms with Gasteiger partial charge >= 0.3 is 5.97 Å². The Morgan fingerprint density at radius 2 is 1.64 bits per heavy atom. The molecule has 0 saturated carbocycles. The van der Waals surface area contributed by atoms with Crippen LogP contribution in [0.2, 0.25) is 0 Å². The van der Waals surface area contributed by atoms with Gasteiger partial charge in [-0.05, 0) is 12.1 Å². The normalized spacial score (nSPS) is 10.7. The summed E-state index contributed by atoms with van der Waals surface area (Å²) in [5.41, 5.74) is 8.18. The van der Waals surface area contributed by atoms with Crippen molar-refractivity contribution in [3.63, 3.8) is 0 Å². The molecule has 0 unspecified atom stereocenters. The molecule has 3 N–H and O–H groups in total. The minimum absolute atomic E-state index is 0.0710. The van der Waals surface area contributed by atoms with Crippen LogP contribution in [0.4, 0.5) is 5.82 Å². The molecule has 3 rings (SSSR count). The van der Waals surface area contributed by atoms with E-state index in [0.29, 0.717) is 31.5 Å². The molecule has 0 bridgehead atoms. The number of anilines is 1. The van der Waals surface area contributed by atoms with Crippen LogP contribution in [0.25, 0.3) is 22.4 Å². The summed E-state index contributed by atoms with van der Waals surface area (Å²) in [6.45, 7) is 0. The molecule has 2 heterocycles. The number of carbonyl (C=O) groups is 1. The molecule has 25 heavy (non-hydrogen) atoms. The fourth-order valence-electron chi connectivity index (χ4n) is 2.48. The average Bonchev–Trinajstić information content (AvgIpc) is 2.56. The first-order chi connectivity index (χ1) is 11.9. The van der Waals surface area contributed by atoms with E-state index < -0.39 is 5.97 Å². The summed E-state index contributed by atoms with van der Waals surface area (Å²) in [5, 5.41) is 9.41. The Balaban J connectivity index is 2.41. The Bertz CT molecular complexity index is 973. The maximum Gasteiger partial charge on any atom is 0.339 e. The highest BCUT2D eigenvalue weighted by molar-refractivity contribution is 7.81. The van der Waals surface area contributed by atoms with Gasteiger partial charge in [-0.2, -0.15) is 0 Å². The molecule has 8 heteroatoms. The molecule has 0 atom stereocenters. The summed E-state index contributed by atoms with van der Waals surface area (Å²) < 4.78 is 0. The number of carboxylic acid groups (broad SMARTS) is 1. The van der Waals surface area contributed by atoms with Gasteiger partial charge in [0.05, 0.1) is 5.69 Å². The van der Waals surface area contributed by atoms with Gasteiger partial charge in [-0.3, -0.25) is 4.98 Å². The standard InChI is InChI=1S/C17H13N3O2S3/c18-16-10(17(21)22)5-9(14-12(24)6-19-7-13(14)25)15(20-16)8-3-1-2-4-11(8)23/h1-7,23-25H,(H2,18,20)(H,21,22). The highest BCUT2D eigenvalue weighted by atomic mass is 32.1. The number of pyridine rings is 2. The summed E-state index contributed by atoms with van der Waals surface area (Å²) in [6, 6.07) is 8.83. The summed E-state index contributed by atoms with van der Waals surface area (Å²) in [7, 11) is 0. The van der Waals surface area contributed by atoms with Gasteiger partial charge in [0, 0.05) is 43.8 Å². The predicted octanol–water partition coefficient (Wildman–Crippen LogP) is 3.96. The van der Waals surface area contributed by atoms with Gasteiger partial charge in [-0.15, -0.1) is 37.9 Å². The Labute approximate surface area is 160 Å². The first kappa shape index (κ1) is 17.7. The quantitative estimate of drug-likeness (QED) is 0.439. The van der Waals surface area contributed by atoms with Crippen LogP contribution in [0, 0.1) is 0 Å². The second kappa shape index (κ2) is 6.99. The molecule has 1 aromatic carbocycles. The number of hydrogen-bond acceptors (Lipinski definition) is 7. The zero-order chi connectivity index (χ0) is 18.1. The van der Waals surface area contributed by atoms with Gasteiger partial charge in [0.15, 0.2) is 0 Å². The molecule has 126 valence electrons. The second-order valence-electron chi connectivity index (χ2n) is 5.19. The first-order valence-corrected chi connectivity index (χ1v) is 8.42. The lowest BCUT2D eigenvalue weighted by molar-refractivity contribution is 0.0698. The smallest absolute Gasteiger partial charge is 0.339 e. The molecule has 0 radical (unpaired) electrons. The number of thiol groups is 3. The minimum Gasteiger partial charge on any atom is -0.478 e. The third kappa shape index (κ3) is 3.33. The van der Waals surface area contributed by atoms with Gasteiger partial charge in [0.25, 0.3) is 0 Å². The van der Waals surface area contributed by atoms with E-state index in [9.17, 15) is 9.90 Å². The highest BCUT2D eigenvalue weighted by Gasteiger charge is 2.21. The van der Waals surface area contributed by atoms with Crippen molar-refractivity contribution in [2.75, 3.05) is 5.73 Å². The van der Waals surface area contributed by atoms with Gasteiger partial charge in [-0.1, -0.05) is 18.2 Å². The maximum absolute atomic E-state index is 11.5. The number of benzene rings is 1. The zero-order valence-electron chi connectivity index (χ0n) is 12.7. The van der Waals surface area contributed by atoms with Crippen LogP contribution >= 0.6 is 37.9 Å². The third-order valence-corrected chi connectivity index (χ3v) is 4.68. The van der Waals surface area contributed by atoms with Crippen molar-refractivity contribution < 1.29 is 9.90 Å². The molecule has 0 aliphatic heterocycles. The van der Waals surface area contributed by atoms with E-state index in [0.717, 1.165) is 5.56 Å². The van der Waals surface area contributed by atoms with Gasteiger partial charge in [-0.25, -0.2) is 9.78 Å². The molecule has 3 aromatic rings. The van der Waals surface area contributed by atoms with Crippen LogP contribution in [0.1, 0.15) is 10.4 Å². The molecular weight excluding hydrogens is 374 g/mol. The van der Waals surface area contributed by atoms with Gasteiger partial charge in [0.1, 0.15) is 11.4 Å². The summed E-state index contributed by atoms with van der Waals surface area (Å²) >= 11 is 13.4. The summed E-state index contributed by atoms with van der Waals surface area (Å²) in [4.78, 5) is 21.7. The number of rotatable bonds is 3. The van der Waals surface area contributed by atoms with E-state index in [1.165, 1.54) is 6.07 Å². The van der Waals surface area contributed by atoms with Crippen LogP contribution < -0.4 is 5.73 Å². The fraction of sp³-hybridized carbons (Fsp3) is 0. The number of nitrogen functional groups attached to an aromatic ring is 1. The Morgan fingerprint density at radius 3 is 2.24 bits per heavy atom. The lowest BCUT2D eigenvalue weighted by atomic mass is 9.97. The van der Waals surface area contributed by atoms with Crippen LogP contribution in [0.15, 0.2) is 57.4 Å². The fourth-order valence-corrected chi connectivity index (χ4v) is 3.45. The SMILES string of the molecule is Nc1nc(-c2ccccc2S)c(-c2c(S)cncc2S)cc1C(=O)O. The van der Waals surface area contributed by atoms with Crippen molar-refractivity contribution in [2.45, 2.75) is 14.7 Å². The van der Waals surface area contributed by atoms with Crippen molar-refractivity contribution in [3.8, 4) is 22.4 Å². The molecule has 0 aliphatic rings. The molecule has 0 saturated heterocycles. The zero-order valence-corrected chi connectivity index (χ0v) is 15.4. The maximum atomic E-state index is 11.5. The van der Waals surface area contributed by atoms with Crippen molar-refractivity contribution in [1.82, 2.24) is 9.97 Å². The lowest BCUT2D eigenvalue weighted by Gasteiger charge is -2.16. The number of nitrogens with zero attached hydrogens (tertiary/aromatic N) is 2. The number of hydrogen-bond donors (Lipinski definition) is 5. The summed E-state index contributed by atoms with van der Waals surface area (Å²) in [5.74, 6) is -1.23. The molecule has 5 nitrogen and oxygen atoms in total. The largest absolute Gasteiger partial charge is 0.478 e. The molecule has 0 aliphatic carbocycles. The highest BCUT2D eigenvalue weighted by Crippen LogP contribution is 2.40. The van der Waals surface area contributed by atoms with E-state index >= 15 is 0 Å². The Hall–Kier alpha value is -2.16. The average molecular weight is 388 g/mol. The van der Waals surface area contributed by atoms with Crippen LogP contribution in [0.5, 0.6) is 0 Å². The Morgan fingerprint density at radius 1 is 1.00 bits per heavy atom. The molecule has 0 spiro atoms. The molecule has 0 amide bonds. The first-order valence-electron chi connectivity index (χ1n) is 7.08. The molecule has 2 aromatic heterocycles. The summed E-state index contributed by atoms with van der Waals surface area (Å²) in [6.07, 6.45) is 3.12. The molecule has 0 fully saturated rings. The predicted molar refractivity (Wildman–Crippen MR) is 106 cm³/mol. The van der Waals surface area contributed by atoms with Crippen molar-refractivity contribution in [2.24, 2.45) is 0 Å². The van der Waals surface area contributed by atoms with E-state index in [-0.39, 0.29) is 11.4 Å². The van der Waals surface area contributed by atoms with Gasteiger partial charge < -0.3 is 10.8 Å². The van der Waals surface area contributed by atoms with E-state index in [1.54, 1.807) is 12.4 Å². The van der Waals surface area contributed by atoms with E-state index in [2.05, 4.69) is 47.9 Å². The monoisotopic (exact) mass is 387 g/mol.